The minimum Gasteiger partial charge on any atom is -0.478 e. The van der Waals surface area contributed by atoms with Crippen molar-refractivity contribution >= 4 is 23.6 Å². The molecule has 0 unspecified atom stereocenters. The minimum absolute atomic E-state index is 0.103. The molecule has 108 valence electrons. The average Bonchev–Trinajstić information content (AvgIpc) is 2.36. The van der Waals surface area contributed by atoms with Crippen LogP contribution in [0.3, 0.4) is 0 Å². The Bertz CT molecular complexity index is 524. The van der Waals surface area contributed by atoms with Gasteiger partial charge in [-0.25, -0.2) is 9.18 Å². The standard InChI is InChI=1S/C15H18FNO3/c1-10(2)3-7-14(18)17-13-6-4-11(9-12(13)16)5-8-15(19)20/h4-6,8-10H,3,7H2,1-2H3,(H,17,18)(H,19,20). The molecule has 1 rings (SSSR count). The quantitative estimate of drug-likeness (QED) is 0.785. The predicted octanol–water partition coefficient (Wildman–Crippen LogP) is 3.30. The molecule has 0 bridgehead atoms. The van der Waals surface area contributed by atoms with Crippen LogP contribution in [0.1, 0.15) is 32.3 Å². The van der Waals surface area contributed by atoms with Gasteiger partial charge in [0, 0.05) is 12.5 Å². The van der Waals surface area contributed by atoms with E-state index in [9.17, 15) is 14.0 Å². The Hall–Kier alpha value is -2.17. The number of halogens is 1. The van der Waals surface area contributed by atoms with Gasteiger partial charge in [-0.1, -0.05) is 19.9 Å². The lowest BCUT2D eigenvalue weighted by molar-refractivity contribution is -0.131. The number of carboxylic acids is 1. The van der Waals surface area contributed by atoms with Crippen molar-refractivity contribution in [3.63, 3.8) is 0 Å². The average molecular weight is 279 g/mol. The van der Waals surface area contributed by atoms with Gasteiger partial charge in [0.2, 0.25) is 5.91 Å². The first-order chi connectivity index (χ1) is 9.38. The number of carbonyl (C=O) groups excluding carboxylic acids is 1. The zero-order chi connectivity index (χ0) is 15.1. The Morgan fingerprint density at radius 2 is 2.10 bits per heavy atom. The van der Waals surface area contributed by atoms with E-state index < -0.39 is 11.8 Å². The fourth-order valence-corrected chi connectivity index (χ4v) is 1.54. The fraction of sp³-hybridized carbons (Fsp3) is 0.333. The van der Waals surface area contributed by atoms with Gasteiger partial charge < -0.3 is 10.4 Å². The molecule has 20 heavy (non-hydrogen) atoms. The summed E-state index contributed by atoms with van der Waals surface area (Å²) in [6, 6.07) is 4.14. The third-order valence-electron chi connectivity index (χ3n) is 2.63. The maximum Gasteiger partial charge on any atom is 0.328 e. The maximum atomic E-state index is 13.7. The normalized spacial score (nSPS) is 11.0. The Kier molecular flexibility index (Phi) is 5.90. The number of carbonyl (C=O) groups is 2. The fourth-order valence-electron chi connectivity index (χ4n) is 1.54. The van der Waals surface area contributed by atoms with E-state index in [0.29, 0.717) is 17.9 Å². The number of hydrogen-bond acceptors (Lipinski definition) is 2. The second-order valence-electron chi connectivity index (χ2n) is 4.89. The van der Waals surface area contributed by atoms with Gasteiger partial charge in [-0.2, -0.15) is 0 Å². The molecule has 2 N–H and O–H groups in total. The number of anilines is 1. The number of aliphatic carboxylic acids is 1. The van der Waals surface area contributed by atoms with Gasteiger partial charge in [0.15, 0.2) is 0 Å². The maximum absolute atomic E-state index is 13.7. The largest absolute Gasteiger partial charge is 0.478 e. The molecule has 5 heteroatoms. The van der Waals surface area contributed by atoms with Crippen LogP contribution in [0.25, 0.3) is 6.08 Å². The van der Waals surface area contributed by atoms with E-state index in [-0.39, 0.29) is 11.6 Å². The molecule has 0 aliphatic rings. The van der Waals surface area contributed by atoms with Crippen molar-refractivity contribution in [3.05, 3.63) is 35.7 Å². The second-order valence-corrected chi connectivity index (χ2v) is 4.89. The lowest BCUT2D eigenvalue weighted by atomic mass is 10.1. The zero-order valence-electron chi connectivity index (χ0n) is 11.5. The van der Waals surface area contributed by atoms with E-state index >= 15 is 0 Å². The molecule has 0 spiro atoms. The van der Waals surface area contributed by atoms with Crippen molar-refractivity contribution < 1.29 is 19.1 Å². The number of amides is 1. The van der Waals surface area contributed by atoms with E-state index in [1.165, 1.54) is 18.2 Å². The number of carboxylic acid groups (broad SMARTS) is 1. The summed E-state index contributed by atoms with van der Waals surface area (Å²) < 4.78 is 13.7. The lowest BCUT2D eigenvalue weighted by Crippen LogP contribution is -2.13. The van der Waals surface area contributed by atoms with Crippen LogP contribution < -0.4 is 5.32 Å². The number of hydrogen-bond donors (Lipinski definition) is 2. The van der Waals surface area contributed by atoms with Crippen LogP contribution in [0.4, 0.5) is 10.1 Å². The summed E-state index contributed by atoms with van der Waals surface area (Å²) >= 11 is 0. The number of benzene rings is 1. The van der Waals surface area contributed by atoms with Crippen LogP contribution in [0, 0.1) is 11.7 Å². The van der Waals surface area contributed by atoms with Crippen LogP contribution in [-0.2, 0) is 9.59 Å². The monoisotopic (exact) mass is 279 g/mol. The van der Waals surface area contributed by atoms with Crippen LogP contribution in [0.5, 0.6) is 0 Å². The van der Waals surface area contributed by atoms with Crippen LogP contribution >= 0.6 is 0 Å². The molecule has 0 aliphatic carbocycles. The highest BCUT2D eigenvalue weighted by atomic mass is 19.1. The summed E-state index contributed by atoms with van der Waals surface area (Å²) in [5.74, 6) is -1.51. The van der Waals surface area contributed by atoms with Crippen LogP contribution in [0.2, 0.25) is 0 Å². The highest BCUT2D eigenvalue weighted by Gasteiger charge is 2.08. The first-order valence-electron chi connectivity index (χ1n) is 6.39. The van der Waals surface area contributed by atoms with Gasteiger partial charge in [-0.15, -0.1) is 0 Å². The van der Waals surface area contributed by atoms with E-state index in [1.54, 1.807) is 6.07 Å². The van der Waals surface area contributed by atoms with E-state index in [0.717, 1.165) is 12.5 Å². The van der Waals surface area contributed by atoms with Gasteiger partial charge in [0.05, 0.1) is 5.69 Å². The van der Waals surface area contributed by atoms with Crippen LogP contribution in [0.15, 0.2) is 24.3 Å². The molecule has 1 aromatic carbocycles. The first kappa shape index (κ1) is 15.9. The Morgan fingerprint density at radius 1 is 1.40 bits per heavy atom. The highest BCUT2D eigenvalue weighted by molar-refractivity contribution is 5.91. The zero-order valence-corrected chi connectivity index (χ0v) is 11.5. The van der Waals surface area contributed by atoms with Gasteiger partial charge in [-0.3, -0.25) is 4.79 Å². The molecule has 1 aromatic rings. The van der Waals surface area contributed by atoms with Crippen molar-refractivity contribution in [1.29, 1.82) is 0 Å². The lowest BCUT2D eigenvalue weighted by Gasteiger charge is -2.08. The third kappa shape index (κ3) is 5.65. The molecule has 0 fully saturated rings. The van der Waals surface area contributed by atoms with Gasteiger partial charge in [0.1, 0.15) is 5.82 Å². The molecule has 0 aliphatic heterocycles. The molecule has 0 radical (unpaired) electrons. The summed E-state index contributed by atoms with van der Waals surface area (Å²) in [6.45, 7) is 4.02. The van der Waals surface area contributed by atoms with Gasteiger partial charge in [0.25, 0.3) is 0 Å². The highest BCUT2D eigenvalue weighted by Crippen LogP contribution is 2.17. The van der Waals surface area contributed by atoms with Crippen molar-refractivity contribution in [2.75, 3.05) is 5.32 Å². The smallest absolute Gasteiger partial charge is 0.328 e. The summed E-state index contributed by atoms with van der Waals surface area (Å²) in [7, 11) is 0. The Morgan fingerprint density at radius 3 is 2.65 bits per heavy atom. The number of rotatable bonds is 6. The first-order valence-corrected chi connectivity index (χ1v) is 6.39. The van der Waals surface area contributed by atoms with E-state index in [2.05, 4.69) is 5.32 Å². The topological polar surface area (TPSA) is 66.4 Å². The molecule has 0 atom stereocenters. The molecule has 0 saturated carbocycles. The van der Waals surface area contributed by atoms with Gasteiger partial charge in [-0.05, 0) is 36.1 Å². The van der Waals surface area contributed by atoms with Crippen LogP contribution in [-0.4, -0.2) is 17.0 Å². The van der Waals surface area contributed by atoms with E-state index in [4.69, 9.17) is 5.11 Å². The molecule has 0 saturated heterocycles. The Labute approximate surface area is 117 Å². The van der Waals surface area contributed by atoms with Crippen molar-refractivity contribution in [3.8, 4) is 0 Å². The Balaban J connectivity index is 2.68. The predicted molar refractivity (Wildman–Crippen MR) is 75.8 cm³/mol. The van der Waals surface area contributed by atoms with Crippen molar-refractivity contribution in [2.45, 2.75) is 26.7 Å². The number of nitrogens with one attached hydrogen (secondary N) is 1. The summed E-state index contributed by atoms with van der Waals surface area (Å²) in [5.41, 5.74) is 0.524. The second kappa shape index (κ2) is 7.43. The summed E-state index contributed by atoms with van der Waals surface area (Å²) in [5, 5.41) is 11.0. The molecule has 4 nitrogen and oxygen atoms in total. The molecule has 0 aromatic heterocycles. The summed E-state index contributed by atoms with van der Waals surface area (Å²) in [4.78, 5) is 22.0. The molecule has 0 heterocycles. The minimum atomic E-state index is -1.10. The molecular weight excluding hydrogens is 261 g/mol. The van der Waals surface area contributed by atoms with Gasteiger partial charge >= 0.3 is 5.97 Å². The van der Waals surface area contributed by atoms with E-state index in [1.807, 2.05) is 13.8 Å². The third-order valence-corrected chi connectivity index (χ3v) is 2.63. The summed E-state index contributed by atoms with van der Waals surface area (Å²) in [6.07, 6.45) is 3.30. The van der Waals surface area contributed by atoms with Crippen molar-refractivity contribution in [1.82, 2.24) is 0 Å². The van der Waals surface area contributed by atoms with Crippen molar-refractivity contribution in [2.24, 2.45) is 5.92 Å². The molecule has 1 amide bonds. The molecular formula is C15H18FNO3. The SMILES string of the molecule is CC(C)CCC(=O)Nc1ccc(C=CC(=O)O)cc1F.